The van der Waals surface area contributed by atoms with Gasteiger partial charge in [0.25, 0.3) is 15.9 Å². The number of rotatable bonds is 6. The van der Waals surface area contributed by atoms with Gasteiger partial charge in [0.2, 0.25) is 0 Å². The van der Waals surface area contributed by atoms with Gasteiger partial charge in [-0.15, -0.1) is 0 Å². The van der Waals surface area contributed by atoms with Crippen molar-refractivity contribution in [1.82, 2.24) is 10.0 Å². The number of carbonyl (C=O) groups excluding carboxylic acids is 1. The number of aliphatic imine (C=N–C) groups is 1. The molecule has 2 aromatic rings. The lowest BCUT2D eigenvalue weighted by molar-refractivity contribution is -0.123. The molecule has 0 atom stereocenters. The van der Waals surface area contributed by atoms with Crippen LogP contribution in [0.3, 0.4) is 0 Å². The molecular formula is C18H19N3O4S. The van der Waals surface area contributed by atoms with Crippen molar-refractivity contribution >= 4 is 21.8 Å². The molecule has 0 saturated heterocycles. The van der Waals surface area contributed by atoms with Crippen LogP contribution in [0, 0.1) is 6.92 Å². The first kappa shape index (κ1) is 17.9. The molecule has 0 radical (unpaired) electrons. The summed E-state index contributed by atoms with van der Waals surface area (Å²) >= 11 is 0. The molecule has 0 bridgehead atoms. The molecule has 7 nitrogen and oxygen atoms in total. The van der Waals surface area contributed by atoms with E-state index in [0.29, 0.717) is 17.1 Å². The summed E-state index contributed by atoms with van der Waals surface area (Å²) in [6.07, 6.45) is 0. The van der Waals surface area contributed by atoms with E-state index in [9.17, 15) is 13.2 Å². The minimum Gasteiger partial charge on any atom is -0.484 e. The molecule has 136 valence electrons. The fourth-order valence-corrected chi connectivity index (χ4v) is 3.77. The summed E-state index contributed by atoms with van der Waals surface area (Å²) < 4.78 is 31.8. The van der Waals surface area contributed by atoms with E-state index in [1.807, 2.05) is 25.1 Å². The molecule has 0 aromatic heterocycles. The Balaban J connectivity index is 1.48. The molecule has 0 spiro atoms. The zero-order valence-electron chi connectivity index (χ0n) is 14.2. The fraction of sp³-hybridized carbons (Fsp3) is 0.222. The van der Waals surface area contributed by atoms with Crippen molar-refractivity contribution in [1.29, 1.82) is 0 Å². The first-order chi connectivity index (χ1) is 12.5. The van der Waals surface area contributed by atoms with Crippen LogP contribution in [0.25, 0.3) is 0 Å². The van der Waals surface area contributed by atoms with Crippen LogP contribution in [-0.2, 0) is 14.8 Å². The predicted octanol–water partition coefficient (Wildman–Crippen LogP) is 1.23. The van der Waals surface area contributed by atoms with Gasteiger partial charge in [0.15, 0.2) is 6.61 Å². The van der Waals surface area contributed by atoms with Crippen LogP contribution in [0.4, 0.5) is 0 Å². The van der Waals surface area contributed by atoms with E-state index in [2.05, 4.69) is 15.0 Å². The molecule has 0 aliphatic carbocycles. The van der Waals surface area contributed by atoms with Crippen LogP contribution in [0.1, 0.15) is 11.1 Å². The summed E-state index contributed by atoms with van der Waals surface area (Å²) in [5.41, 5.74) is 1.60. The number of nitrogens with one attached hydrogen (secondary N) is 2. The maximum atomic E-state index is 12.0. The lowest BCUT2D eigenvalue weighted by Gasteiger charge is -2.07. The second-order valence-corrected chi connectivity index (χ2v) is 7.44. The smallest absolute Gasteiger partial charge is 0.263 e. The highest BCUT2D eigenvalue weighted by Crippen LogP contribution is 2.21. The SMILES string of the molecule is Cc1cccc(OCC(=O)NCCN=C2NS(=O)(=O)c3ccccc32)c1. The van der Waals surface area contributed by atoms with Gasteiger partial charge in [-0.3, -0.25) is 14.5 Å². The predicted molar refractivity (Wildman–Crippen MR) is 97.9 cm³/mol. The fourth-order valence-electron chi connectivity index (χ4n) is 2.52. The summed E-state index contributed by atoms with van der Waals surface area (Å²) in [5.74, 6) is 0.669. The van der Waals surface area contributed by atoms with Gasteiger partial charge in [-0.2, -0.15) is 0 Å². The third-order valence-electron chi connectivity index (χ3n) is 3.73. The molecular weight excluding hydrogens is 354 g/mol. The van der Waals surface area contributed by atoms with Crippen molar-refractivity contribution in [2.24, 2.45) is 4.99 Å². The maximum Gasteiger partial charge on any atom is 0.263 e. The second-order valence-electron chi connectivity index (χ2n) is 5.79. The first-order valence-electron chi connectivity index (χ1n) is 8.08. The number of fused-ring (bicyclic) bond motifs is 1. The lowest BCUT2D eigenvalue weighted by Crippen LogP contribution is -2.31. The summed E-state index contributed by atoms with van der Waals surface area (Å²) in [4.78, 5) is 16.3. The Hall–Kier alpha value is -2.87. The van der Waals surface area contributed by atoms with Crippen LogP contribution >= 0.6 is 0 Å². The van der Waals surface area contributed by atoms with E-state index in [0.717, 1.165) is 5.56 Å². The molecule has 0 fully saturated rings. The molecule has 1 aliphatic heterocycles. The van der Waals surface area contributed by atoms with Crippen LogP contribution in [0.15, 0.2) is 58.4 Å². The van der Waals surface area contributed by atoms with Gasteiger partial charge >= 0.3 is 0 Å². The van der Waals surface area contributed by atoms with Crippen LogP contribution in [-0.4, -0.2) is 39.9 Å². The molecule has 2 aromatic carbocycles. The number of sulfonamides is 1. The zero-order valence-corrected chi connectivity index (χ0v) is 15.0. The van der Waals surface area contributed by atoms with Gasteiger partial charge in [-0.25, -0.2) is 8.42 Å². The average molecular weight is 373 g/mol. The number of hydrogen-bond acceptors (Lipinski definition) is 5. The molecule has 0 unspecified atom stereocenters. The quantitative estimate of drug-likeness (QED) is 0.744. The van der Waals surface area contributed by atoms with E-state index in [4.69, 9.17) is 4.74 Å². The van der Waals surface area contributed by atoms with Gasteiger partial charge in [0.1, 0.15) is 11.6 Å². The normalized spacial score (nSPS) is 16.0. The van der Waals surface area contributed by atoms with Gasteiger partial charge in [0, 0.05) is 12.1 Å². The number of benzene rings is 2. The van der Waals surface area contributed by atoms with Gasteiger partial charge in [-0.1, -0.05) is 24.3 Å². The third-order valence-corrected chi connectivity index (χ3v) is 5.12. The average Bonchev–Trinajstić information content (AvgIpc) is 2.88. The summed E-state index contributed by atoms with van der Waals surface area (Å²) in [6, 6.07) is 14.1. The summed E-state index contributed by atoms with van der Waals surface area (Å²) in [7, 11) is -3.54. The highest BCUT2D eigenvalue weighted by Gasteiger charge is 2.29. The Morgan fingerprint density at radius 1 is 1.19 bits per heavy atom. The Kier molecular flexibility index (Phi) is 5.22. The molecule has 1 heterocycles. The van der Waals surface area contributed by atoms with E-state index in [-0.39, 0.29) is 30.5 Å². The van der Waals surface area contributed by atoms with Crippen LogP contribution in [0.2, 0.25) is 0 Å². The highest BCUT2D eigenvalue weighted by atomic mass is 32.2. The van der Waals surface area contributed by atoms with Gasteiger partial charge < -0.3 is 10.1 Å². The summed E-state index contributed by atoms with van der Waals surface area (Å²) in [6.45, 7) is 2.39. The van der Waals surface area contributed by atoms with Gasteiger partial charge in [-0.05, 0) is 36.8 Å². The molecule has 2 N–H and O–H groups in total. The van der Waals surface area contributed by atoms with Crippen molar-refractivity contribution in [2.45, 2.75) is 11.8 Å². The molecule has 1 amide bonds. The lowest BCUT2D eigenvalue weighted by atomic mass is 10.2. The topological polar surface area (TPSA) is 96.9 Å². The van der Waals surface area contributed by atoms with E-state index in [1.54, 1.807) is 24.3 Å². The third kappa shape index (κ3) is 4.20. The zero-order chi connectivity index (χ0) is 18.6. The van der Waals surface area contributed by atoms with E-state index in [1.165, 1.54) is 6.07 Å². The molecule has 8 heteroatoms. The molecule has 26 heavy (non-hydrogen) atoms. The van der Waals surface area contributed by atoms with E-state index < -0.39 is 10.0 Å². The highest BCUT2D eigenvalue weighted by molar-refractivity contribution is 7.90. The Morgan fingerprint density at radius 2 is 2.00 bits per heavy atom. The maximum absolute atomic E-state index is 12.0. The number of nitrogens with zero attached hydrogens (tertiary/aromatic N) is 1. The minimum absolute atomic E-state index is 0.0878. The number of hydrogen-bond donors (Lipinski definition) is 2. The number of amides is 1. The molecule has 3 rings (SSSR count). The number of carbonyl (C=O) groups is 1. The van der Waals surface area contributed by atoms with Crippen molar-refractivity contribution in [3.05, 3.63) is 59.7 Å². The largest absolute Gasteiger partial charge is 0.484 e. The summed E-state index contributed by atoms with van der Waals surface area (Å²) in [5, 5.41) is 2.69. The Labute approximate surface area is 152 Å². The number of ether oxygens (including phenoxy) is 1. The van der Waals surface area contributed by atoms with E-state index >= 15 is 0 Å². The molecule has 0 saturated carbocycles. The van der Waals surface area contributed by atoms with Crippen molar-refractivity contribution in [2.75, 3.05) is 19.7 Å². The van der Waals surface area contributed by atoms with Crippen molar-refractivity contribution < 1.29 is 17.9 Å². The van der Waals surface area contributed by atoms with Crippen LogP contribution < -0.4 is 14.8 Å². The monoisotopic (exact) mass is 373 g/mol. The number of aryl methyl sites for hydroxylation is 1. The molecule has 1 aliphatic rings. The minimum atomic E-state index is -3.54. The van der Waals surface area contributed by atoms with Crippen LogP contribution in [0.5, 0.6) is 5.75 Å². The van der Waals surface area contributed by atoms with Crippen molar-refractivity contribution in [3.63, 3.8) is 0 Å². The van der Waals surface area contributed by atoms with Gasteiger partial charge in [0.05, 0.1) is 11.4 Å². The number of amidine groups is 1. The standard InChI is InChI=1S/C18H19N3O4S/c1-13-5-4-6-14(11-13)25-12-17(22)19-9-10-20-18-15-7-2-3-8-16(15)26(23,24)21-18/h2-8,11H,9-10,12H2,1H3,(H,19,22)(H,20,21). The Morgan fingerprint density at radius 3 is 2.81 bits per heavy atom. The Bertz CT molecular complexity index is 954. The second kappa shape index (κ2) is 7.57. The first-order valence-corrected chi connectivity index (χ1v) is 9.57. The van der Waals surface area contributed by atoms with Crippen molar-refractivity contribution in [3.8, 4) is 5.75 Å².